The van der Waals surface area contributed by atoms with Gasteiger partial charge in [-0.25, -0.2) is 0 Å². The van der Waals surface area contributed by atoms with E-state index in [1.54, 1.807) is 13.2 Å². The molecule has 3 rings (SSSR count). The van der Waals surface area contributed by atoms with Crippen LogP contribution in [-0.2, 0) is 6.42 Å². The summed E-state index contributed by atoms with van der Waals surface area (Å²) in [6, 6.07) is 6.14. The van der Waals surface area contributed by atoms with Gasteiger partial charge < -0.3 is 15.2 Å². The molecule has 116 valence electrons. The van der Waals surface area contributed by atoms with E-state index < -0.39 is 0 Å². The van der Waals surface area contributed by atoms with E-state index in [-0.39, 0.29) is 0 Å². The van der Waals surface area contributed by atoms with Gasteiger partial charge in [0.15, 0.2) is 11.8 Å². The monoisotopic (exact) mass is 300 g/mol. The van der Waals surface area contributed by atoms with E-state index in [1.807, 2.05) is 18.2 Å². The average Bonchev–Trinajstić information content (AvgIpc) is 3.04. The van der Waals surface area contributed by atoms with E-state index in [0.717, 1.165) is 11.9 Å². The quantitative estimate of drug-likeness (QED) is 0.638. The number of nitrogens with zero attached hydrogens (tertiary/aromatic N) is 4. The molecule has 0 aromatic carbocycles. The standard InChI is InChI=1S/C15H20N6O/c1-10-9-12(10)19-15(16-2)18-8-6-13-20-14(22-21-13)11-5-3-4-7-17-11/h3-5,7,10,12H,6,8-9H2,1-2H3,(H2,16,18,19). The van der Waals surface area contributed by atoms with Crippen molar-refractivity contribution in [2.45, 2.75) is 25.8 Å². The third kappa shape index (κ3) is 3.60. The zero-order chi connectivity index (χ0) is 15.4. The van der Waals surface area contributed by atoms with Crippen LogP contribution in [0, 0.1) is 5.92 Å². The molecule has 7 nitrogen and oxygen atoms in total. The summed E-state index contributed by atoms with van der Waals surface area (Å²) in [5.41, 5.74) is 0.689. The Morgan fingerprint density at radius 3 is 3.00 bits per heavy atom. The highest BCUT2D eigenvalue weighted by Gasteiger charge is 2.33. The first-order valence-electron chi connectivity index (χ1n) is 7.47. The van der Waals surface area contributed by atoms with Crippen LogP contribution in [0.1, 0.15) is 19.2 Å². The maximum absolute atomic E-state index is 5.23. The van der Waals surface area contributed by atoms with Crippen LogP contribution in [0.3, 0.4) is 0 Å². The Morgan fingerprint density at radius 2 is 2.32 bits per heavy atom. The molecule has 1 fully saturated rings. The molecule has 2 N–H and O–H groups in total. The summed E-state index contributed by atoms with van der Waals surface area (Å²) in [7, 11) is 1.77. The van der Waals surface area contributed by atoms with Gasteiger partial charge in [0.05, 0.1) is 0 Å². The van der Waals surface area contributed by atoms with E-state index in [4.69, 9.17) is 4.52 Å². The molecular formula is C15H20N6O. The molecule has 2 aromatic rings. The van der Waals surface area contributed by atoms with Crippen molar-refractivity contribution in [3.8, 4) is 11.6 Å². The summed E-state index contributed by atoms with van der Waals surface area (Å²) in [6.45, 7) is 2.92. The number of rotatable bonds is 5. The topological polar surface area (TPSA) is 88.2 Å². The zero-order valence-corrected chi connectivity index (χ0v) is 12.8. The van der Waals surface area contributed by atoms with Gasteiger partial charge in [-0.05, 0) is 24.5 Å². The minimum Gasteiger partial charge on any atom is -0.356 e. The van der Waals surface area contributed by atoms with E-state index in [1.165, 1.54) is 6.42 Å². The Balaban J connectivity index is 1.48. The van der Waals surface area contributed by atoms with E-state index >= 15 is 0 Å². The van der Waals surface area contributed by atoms with Crippen LogP contribution in [-0.4, -0.2) is 40.7 Å². The van der Waals surface area contributed by atoms with E-state index in [9.17, 15) is 0 Å². The molecule has 0 amide bonds. The van der Waals surface area contributed by atoms with Gasteiger partial charge in [0.25, 0.3) is 5.89 Å². The highest BCUT2D eigenvalue weighted by Crippen LogP contribution is 2.28. The SMILES string of the molecule is CN=C(NCCc1noc(-c2ccccn2)n1)NC1CC1C. The molecule has 1 aliphatic carbocycles. The number of aliphatic imine (C=N–C) groups is 1. The molecule has 0 aliphatic heterocycles. The first-order valence-corrected chi connectivity index (χ1v) is 7.47. The zero-order valence-electron chi connectivity index (χ0n) is 12.8. The minimum absolute atomic E-state index is 0.449. The Labute approximate surface area is 129 Å². The molecule has 0 radical (unpaired) electrons. The number of guanidine groups is 1. The lowest BCUT2D eigenvalue weighted by Gasteiger charge is -2.10. The van der Waals surface area contributed by atoms with Crippen LogP contribution in [0.4, 0.5) is 0 Å². The van der Waals surface area contributed by atoms with Crippen molar-refractivity contribution in [3.05, 3.63) is 30.2 Å². The molecule has 0 saturated heterocycles. The minimum atomic E-state index is 0.449. The lowest BCUT2D eigenvalue weighted by Crippen LogP contribution is -2.40. The van der Waals surface area contributed by atoms with Crippen LogP contribution in [0.15, 0.2) is 33.9 Å². The lowest BCUT2D eigenvalue weighted by molar-refractivity contribution is 0.421. The van der Waals surface area contributed by atoms with Gasteiger partial charge in [-0.15, -0.1) is 0 Å². The van der Waals surface area contributed by atoms with Crippen molar-refractivity contribution in [1.82, 2.24) is 25.8 Å². The Kier molecular flexibility index (Phi) is 4.32. The molecular weight excluding hydrogens is 280 g/mol. The number of hydrogen-bond donors (Lipinski definition) is 2. The van der Waals surface area contributed by atoms with Crippen LogP contribution >= 0.6 is 0 Å². The Morgan fingerprint density at radius 1 is 1.45 bits per heavy atom. The number of pyridine rings is 1. The van der Waals surface area contributed by atoms with Crippen LogP contribution < -0.4 is 10.6 Å². The van der Waals surface area contributed by atoms with Crippen LogP contribution in [0.2, 0.25) is 0 Å². The maximum atomic E-state index is 5.23. The van der Waals surface area contributed by atoms with Crippen molar-refractivity contribution < 1.29 is 4.52 Å². The third-order valence-electron chi connectivity index (χ3n) is 3.65. The van der Waals surface area contributed by atoms with Crippen LogP contribution in [0.25, 0.3) is 11.6 Å². The smallest absolute Gasteiger partial charge is 0.276 e. The van der Waals surface area contributed by atoms with Gasteiger partial charge in [0, 0.05) is 32.3 Å². The number of nitrogens with one attached hydrogen (secondary N) is 2. The molecule has 22 heavy (non-hydrogen) atoms. The van der Waals surface area contributed by atoms with E-state index in [0.29, 0.717) is 36.4 Å². The van der Waals surface area contributed by atoms with Crippen molar-refractivity contribution in [2.24, 2.45) is 10.9 Å². The number of hydrogen-bond acceptors (Lipinski definition) is 5. The molecule has 2 unspecified atom stereocenters. The second kappa shape index (κ2) is 6.55. The molecule has 2 atom stereocenters. The largest absolute Gasteiger partial charge is 0.356 e. The molecule has 1 saturated carbocycles. The van der Waals surface area contributed by atoms with Crippen molar-refractivity contribution in [1.29, 1.82) is 0 Å². The van der Waals surface area contributed by atoms with Crippen molar-refractivity contribution in [2.75, 3.05) is 13.6 Å². The fourth-order valence-corrected chi connectivity index (χ4v) is 2.13. The third-order valence-corrected chi connectivity index (χ3v) is 3.65. The predicted octanol–water partition coefficient (Wildman–Crippen LogP) is 1.25. The first-order chi connectivity index (χ1) is 10.8. The summed E-state index contributed by atoms with van der Waals surface area (Å²) in [5.74, 6) is 2.66. The highest BCUT2D eigenvalue weighted by atomic mass is 16.5. The lowest BCUT2D eigenvalue weighted by atomic mass is 10.3. The predicted molar refractivity (Wildman–Crippen MR) is 83.3 cm³/mol. The van der Waals surface area contributed by atoms with Gasteiger partial charge in [-0.3, -0.25) is 9.98 Å². The summed E-state index contributed by atoms with van der Waals surface area (Å²) in [6.07, 6.45) is 3.57. The molecule has 1 aliphatic rings. The summed E-state index contributed by atoms with van der Waals surface area (Å²) < 4.78 is 5.23. The van der Waals surface area contributed by atoms with Gasteiger partial charge in [-0.1, -0.05) is 18.1 Å². The van der Waals surface area contributed by atoms with Gasteiger partial charge >= 0.3 is 0 Å². The molecule has 0 bridgehead atoms. The molecule has 7 heteroatoms. The van der Waals surface area contributed by atoms with Crippen molar-refractivity contribution >= 4 is 5.96 Å². The van der Waals surface area contributed by atoms with Gasteiger partial charge in [-0.2, -0.15) is 4.98 Å². The second-order valence-corrected chi connectivity index (χ2v) is 5.44. The maximum Gasteiger partial charge on any atom is 0.276 e. The van der Waals surface area contributed by atoms with Gasteiger partial charge in [0.2, 0.25) is 0 Å². The fourth-order valence-electron chi connectivity index (χ4n) is 2.13. The highest BCUT2D eigenvalue weighted by molar-refractivity contribution is 5.80. The summed E-state index contributed by atoms with van der Waals surface area (Å²) >= 11 is 0. The molecule has 2 aromatic heterocycles. The summed E-state index contributed by atoms with van der Waals surface area (Å²) in [5, 5.41) is 10.6. The number of aromatic nitrogens is 3. The fraction of sp³-hybridized carbons (Fsp3) is 0.467. The second-order valence-electron chi connectivity index (χ2n) is 5.44. The first kappa shape index (κ1) is 14.5. The normalized spacial score (nSPS) is 20.7. The Hall–Kier alpha value is -2.44. The average molecular weight is 300 g/mol. The molecule has 2 heterocycles. The van der Waals surface area contributed by atoms with Gasteiger partial charge in [0.1, 0.15) is 5.69 Å². The Bertz CT molecular complexity index is 638. The van der Waals surface area contributed by atoms with E-state index in [2.05, 4.69) is 37.7 Å². The summed E-state index contributed by atoms with van der Waals surface area (Å²) in [4.78, 5) is 12.7. The van der Waals surface area contributed by atoms with Crippen LogP contribution in [0.5, 0.6) is 0 Å². The van der Waals surface area contributed by atoms with Crippen molar-refractivity contribution in [3.63, 3.8) is 0 Å². The molecule has 0 spiro atoms.